The predicted octanol–water partition coefficient (Wildman–Crippen LogP) is 3.80. The average molecular weight is 207 g/mol. The van der Waals surface area contributed by atoms with Crippen LogP contribution in [0, 0.1) is 6.07 Å². The zero-order chi connectivity index (χ0) is 11.0. The number of hydrogen-bond acceptors (Lipinski definition) is 1. The molecule has 0 bridgehead atoms. The molecule has 0 aliphatic rings. The Hall–Kier alpha value is -2.02. The van der Waals surface area contributed by atoms with Gasteiger partial charge < -0.3 is 4.74 Å². The van der Waals surface area contributed by atoms with Crippen molar-refractivity contribution in [1.29, 1.82) is 0 Å². The van der Waals surface area contributed by atoms with Crippen LogP contribution in [0.4, 0.5) is 0 Å². The quantitative estimate of drug-likeness (QED) is 0.551. The highest BCUT2D eigenvalue weighted by atomic mass is 16.5. The molecule has 0 heterocycles. The normalized spacial score (nSPS) is 10.8. The molecule has 0 aliphatic heterocycles. The lowest BCUT2D eigenvalue weighted by Crippen LogP contribution is -1.84. The van der Waals surface area contributed by atoms with Gasteiger partial charge in [-0.15, -0.1) is 0 Å². The van der Waals surface area contributed by atoms with Crippen LogP contribution < -0.4 is 4.74 Å². The first-order valence-corrected chi connectivity index (χ1v) is 5.26. The molecule has 0 aliphatic carbocycles. The van der Waals surface area contributed by atoms with Gasteiger partial charge in [0.1, 0.15) is 5.75 Å². The van der Waals surface area contributed by atoms with E-state index in [2.05, 4.69) is 30.3 Å². The maximum Gasteiger partial charge on any atom is 0.126 e. The summed E-state index contributed by atoms with van der Waals surface area (Å²) in [5, 5.41) is 4.68. The Bertz CT molecular complexity index is 656. The number of benzene rings is 3. The van der Waals surface area contributed by atoms with Crippen molar-refractivity contribution >= 4 is 21.5 Å². The van der Waals surface area contributed by atoms with Crippen LogP contribution in [0.3, 0.4) is 0 Å². The van der Waals surface area contributed by atoms with Crippen LogP contribution in [0.5, 0.6) is 5.75 Å². The summed E-state index contributed by atoms with van der Waals surface area (Å²) in [6, 6.07) is 19.7. The summed E-state index contributed by atoms with van der Waals surface area (Å²) in [4.78, 5) is 0. The van der Waals surface area contributed by atoms with Crippen LogP contribution in [-0.2, 0) is 0 Å². The molecule has 3 aromatic carbocycles. The van der Waals surface area contributed by atoms with Gasteiger partial charge in [0.15, 0.2) is 0 Å². The molecule has 0 fully saturated rings. The summed E-state index contributed by atoms with van der Waals surface area (Å²) in [7, 11) is 1.70. The van der Waals surface area contributed by atoms with Crippen LogP contribution in [0.2, 0.25) is 0 Å². The molecule has 0 saturated heterocycles. The maximum atomic E-state index is 5.37. The molecule has 16 heavy (non-hydrogen) atoms. The van der Waals surface area contributed by atoms with Gasteiger partial charge in [-0.3, -0.25) is 0 Å². The van der Waals surface area contributed by atoms with Gasteiger partial charge in [0.2, 0.25) is 0 Å². The monoisotopic (exact) mass is 207 g/mol. The largest absolute Gasteiger partial charge is 0.496 e. The van der Waals surface area contributed by atoms with Crippen molar-refractivity contribution in [3.05, 3.63) is 54.6 Å². The highest BCUT2D eigenvalue weighted by molar-refractivity contribution is 6.00. The van der Waals surface area contributed by atoms with E-state index in [-0.39, 0.29) is 0 Å². The number of methoxy groups -OCH3 is 1. The maximum absolute atomic E-state index is 5.37. The van der Waals surface area contributed by atoms with E-state index in [4.69, 9.17) is 4.74 Å². The van der Waals surface area contributed by atoms with Gasteiger partial charge in [0, 0.05) is 5.39 Å². The SMILES string of the molecule is COc1cccc2cc3[c]cccc3cc12. The van der Waals surface area contributed by atoms with Crippen LogP contribution in [0.1, 0.15) is 0 Å². The second kappa shape index (κ2) is 3.53. The van der Waals surface area contributed by atoms with Gasteiger partial charge >= 0.3 is 0 Å². The predicted molar refractivity (Wildman–Crippen MR) is 66.8 cm³/mol. The second-order valence-corrected chi connectivity index (χ2v) is 3.79. The van der Waals surface area contributed by atoms with Crippen molar-refractivity contribution in [3.8, 4) is 5.75 Å². The first-order valence-electron chi connectivity index (χ1n) is 5.26. The molecular formula is C15H11O. The zero-order valence-corrected chi connectivity index (χ0v) is 9.03. The molecule has 1 radical (unpaired) electrons. The van der Waals surface area contributed by atoms with E-state index in [1.807, 2.05) is 24.3 Å². The topological polar surface area (TPSA) is 9.23 Å². The molecule has 0 amide bonds. The zero-order valence-electron chi connectivity index (χ0n) is 9.03. The Labute approximate surface area is 94.3 Å². The molecule has 1 nitrogen and oxygen atoms in total. The minimum atomic E-state index is 0.920. The molecule has 0 N–H and O–H groups in total. The fraction of sp³-hybridized carbons (Fsp3) is 0.0667. The number of ether oxygens (including phenoxy) is 1. The van der Waals surface area contributed by atoms with Crippen LogP contribution in [0.25, 0.3) is 21.5 Å². The van der Waals surface area contributed by atoms with Gasteiger partial charge in [0.25, 0.3) is 0 Å². The molecular weight excluding hydrogens is 196 g/mol. The number of fused-ring (bicyclic) bond motifs is 2. The minimum absolute atomic E-state index is 0.920. The van der Waals surface area contributed by atoms with E-state index >= 15 is 0 Å². The third-order valence-corrected chi connectivity index (χ3v) is 2.84. The summed E-state index contributed by atoms with van der Waals surface area (Å²) >= 11 is 0. The standard InChI is InChI=1S/C15H11O/c1-16-15-8-4-7-13-9-11-5-2-3-6-12(11)10-14(13)15/h2-4,6-10H,1H3. The van der Waals surface area contributed by atoms with Crippen LogP contribution in [0.15, 0.2) is 48.5 Å². The van der Waals surface area contributed by atoms with E-state index in [1.54, 1.807) is 7.11 Å². The molecule has 0 atom stereocenters. The highest BCUT2D eigenvalue weighted by Crippen LogP contribution is 2.29. The first kappa shape index (κ1) is 9.22. The molecule has 0 saturated carbocycles. The summed E-state index contributed by atoms with van der Waals surface area (Å²) in [5.41, 5.74) is 0. The van der Waals surface area contributed by atoms with Crippen molar-refractivity contribution in [3.63, 3.8) is 0 Å². The molecule has 3 rings (SSSR count). The van der Waals surface area contributed by atoms with Gasteiger partial charge in [-0.25, -0.2) is 0 Å². The first-order chi connectivity index (χ1) is 7.88. The summed E-state index contributed by atoms with van der Waals surface area (Å²) < 4.78 is 5.37. The van der Waals surface area contributed by atoms with E-state index in [1.165, 1.54) is 10.8 Å². The Morgan fingerprint density at radius 2 is 1.88 bits per heavy atom. The summed E-state index contributed by atoms with van der Waals surface area (Å²) in [6.07, 6.45) is 0. The van der Waals surface area contributed by atoms with Gasteiger partial charge in [-0.2, -0.15) is 0 Å². The van der Waals surface area contributed by atoms with Crippen LogP contribution >= 0.6 is 0 Å². The van der Waals surface area contributed by atoms with Gasteiger partial charge in [-0.1, -0.05) is 30.3 Å². The highest BCUT2D eigenvalue weighted by Gasteiger charge is 2.02. The van der Waals surface area contributed by atoms with Crippen molar-refractivity contribution in [2.45, 2.75) is 0 Å². The average Bonchev–Trinajstić information content (AvgIpc) is 2.35. The second-order valence-electron chi connectivity index (χ2n) is 3.79. The third-order valence-electron chi connectivity index (χ3n) is 2.84. The Kier molecular flexibility index (Phi) is 2.03. The number of hydrogen-bond donors (Lipinski definition) is 0. The van der Waals surface area contributed by atoms with E-state index in [9.17, 15) is 0 Å². The smallest absolute Gasteiger partial charge is 0.126 e. The van der Waals surface area contributed by atoms with Crippen LogP contribution in [-0.4, -0.2) is 7.11 Å². The fourth-order valence-corrected chi connectivity index (χ4v) is 2.04. The number of rotatable bonds is 1. The Morgan fingerprint density at radius 3 is 2.75 bits per heavy atom. The lowest BCUT2D eigenvalue weighted by Gasteiger charge is -2.06. The Morgan fingerprint density at radius 1 is 1.00 bits per heavy atom. The molecule has 0 aromatic heterocycles. The molecule has 3 aromatic rings. The summed E-state index contributed by atoms with van der Waals surface area (Å²) in [6.45, 7) is 0. The van der Waals surface area contributed by atoms with E-state index in [0.717, 1.165) is 16.5 Å². The van der Waals surface area contributed by atoms with Crippen molar-refractivity contribution in [1.82, 2.24) is 0 Å². The van der Waals surface area contributed by atoms with Crippen molar-refractivity contribution < 1.29 is 4.74 Å². The van der Waals surface area contributed by atoms with Gasteiger partial charge in [-0.05, 0) is 40.4 Å². The van der Waals surface area contributed by atoms with Gasteiger partial charge in [0.05, 0.1) is 7.11 Å². The third kappa shape index (κ3) is 1.33. The van der Waals surface area contributed by atoms with E-state index in [0.29, 0.717) is 0 Å². The van der Waals surface area contributed by atoms with Crippen molar-refractivity contribution in [2.24, 2.45) is 0 Å². The Balaban J connectivity index is 2.46. The molecule has 77 valence electrons. The minimum Gasteiger partial charge on any atom is -0.496 e. The van der Waals surface area contributed by atoms with Crippen molar-refractivity contribution in [2.75, 3.05) is 7.11 Å². The molecule has 0 unspecified atom stereocenters. The molecule has 0 spiro atoms. The fourth-order valence-electron chi connectivity index (χ4n) is 2.04. The molecule has 1 heteroatoms. The lowest BCUT2D eigenvalue weighted by molar-refractivity contribution is 0.420. The van der Waals surface area contributed by atoms with E-state index < -0.39 is 0 Å². The lowest BCUT2D eigenvalue weighted by atomic mass is 10.0. The summed E-state index contributed by atoms with van der Waals surface area (Å²) in [5.74, 6) is 0.920.